The Morgan fingerprint density at radius 1 is 1.19 bits per heavy atom. The molecule has 0 aliphatic carbocycles. The summed E-state index contributed by atoms with van der Waals surface area (Å²) in [6.45, 7) is 2.38. The van der Waals surface area contributed by atoms with Gasteiger partial charge in [0.2, 0.25) is 0 Å². The highest BCUT2D eigenvalue weighted by molar-refractivity contribution is 5.96. The lowest BCUT2D eigenvalue weighted by atomic mass is 10.1. The van der Waals surface area contributed by atoms with Crippen LogP contribution in [0.25, 0.3) is 22.3 Å². The molecule has 2 N–H and O–H groups in total. The van der Waals surface area contributed by atoms with Crippen LogP contribution >= 0.6 is 0 Å². The lowest BCUT2D eigenvalue weighted by molar-refractivity contribution is -0.383. The Kier molecular flexibility index (Phi) is 4.21. The summed E-state index contributed by atoms with van der Waals surface area (Å²) in [7, 11) is 0. The van der Waals surface area contributed by atoms with Gasteiger partial charge in [0.05, 0.1) is 4.92 Å². The number of nitrogens with zero attached hydrogens (tertiary/aromatic N) is 4. The predicted molar refractivity (Wildman–Crippen MR) is 102 cm³/mol. The number of aromatic amines is 1. The van der Waals surface area contributed by atoms with Crippen molar-refractivity contribution >= 4 is 22.3 Å². The first-order valence-corrected chi connectivity index (χ1v) is 8.35. The van der Waals surface area contributed by atoms with Crippen molar-refractivity contribution in [3.63, 3.8) is 0 Å². The highest BCUT2D eigenvalue weighted by Crippen LogP contribution is 2.30. The van der Waals surface area contributed by atoms with E-state index < -0.39 is 4.92 Å². The molecule has 0 spiro atoms. The minimum absolute atomic E-state index is 0.00608. The van der Waals surface area contributed by atoms with Crippen molar-refractivity contribution in [1.29, 1.82) is 0 Å². The fraction of sp³-hybridized carbons (Fsp3) is 0.105. The van der Waals surface area contributed by atoms with Crippen LogP contribution in [-0.4, -0.2) is 25.1 Å². The minimum Gasteiger partial charge on any atom is -0.380 e. The van der Waals surface area contributed by atoms with Gasteiger partial charge in [-0.1, -0.05) is 30.3 Å². The quantitative estimate of drug-likeness (QED) is 0.413. The van der Waals surface area contributed by atoms with Crippen molar-refractivity contribution in [1.82, 2.24) is 20.2 Å². The van der Waals surface area contributed by atoms with E-state index in [1.807, 2.05) is 43.3 Å². The van der Waals surface area contributed by atoms with E-state index in [4.69, 9.17) is 0 Å². The first-order chi connectivity index (χ1) is 13.1. The second kappa shape index (κ2) is 6.83. The normalized spacial score (nSPS) is 10.9. The SMILES string of the molecule is Cc1cc(NCc2cccc(-c3ncn[nH]3)c2)c2cccc([N+](=O)[O-])c2n1. The van der Waals surface area contributed by atoms with Crippen LogP contribution in [0.2, 0.25) is 0 Å². The number of anilines is 1. The van der Waals surface area contributed by atoms with Crippen LogP contribution in [0.15, 0.2) is 54.9 Å². The van der Waals surface area contributed by atoms with E-state index in [0.717, 1.165) is 27.9 Å². The Morgan fingerprint density at radius 3 is 2.81 bits per heavy atom. The van der Waals surface area contributed by atoms with Gasteiger partial charge in [-0.3, -0.25) is 15.2 Å². The largest absolute Gasteiger partial charge is 0.380 e. The Balaban J connectivity index is 1.66. The molecule has 27 heavy (non-hydrogen) atoms. The fourth-order valence-electron chi connectivity index (χ4n) is 3.03. The van der Waals surface area contributed by atoms with Crippen molar-refractivity contribution in [3.05, 3.63) is 76.2 Å². The Hall–Kier alpha value is -3.81. The Morgan fingerprint density at radius 2 is 2.04 bits per heavy atom. The van der Waals surface area contributed by atoms with E-state index in [1.165, 1.54) is 12.4 Å². The number of pyridine rings is 1. The maximum Gasteiger partial charge on any atom is 0.295 e. The van der Waals surface area contributed by atoms with Crippen molar-refractivity contribution < 1.29 is 4.92 Å². The van der Waals surface area contributed by atoms with E-state index >= 15 is 0 Å². The number of hydrogen-bond acceptors (Lipinski definition) is 6. The van der Waals surface area contributed by atoms with Gasteiger partial charge in [-0.25, -0.2) is 9.97 Å². The maximum atomic E-state index is 11.3. The number of benzene rings is 2. The number of hydrogen-bond donors (Lipinski definition) is 2. The van der Waals surface area contributed by atoms with Crippen LogP contribution in [0.4, 0.5) is 11.4 Å². The number of nitro benzene ring substituents is 1. The van der Waals surface area contributed by atoms with Crippen LogP contribution in [-0.2, 0) is 6.54 Å². The molecule has 0 bridgehead atoms. The van der Waals surface area contributed by atoms with Gasteiger partial charge in [0.25, 0.3) is 5.69 Å². The summed E-state index contributed by atoms with van der Waals surface area (Å²) >= 11 is 0. The molecule has 0 amide bonds. The van der Waals surface area contributed by atoms with E-state index in [0.29, 0.717) is 17.9 Å². The van der Waals surface area contributed by atoms with E-state index in [-0.39, 0.29) is 5.69 Å². The summed E-state index contributed by atoms with van der Waals surface area (Å²) in [5.74, 6) is 0.706. The number of para-hydroxylation sites is 1. The van der Waals surface area contributed by atoms with Gasteiger partial charge in [-0.2, -0.15) is 5.10 Å². The molecule has 0 aliphatic rings. The molecule has 2 heterocycles. The first-order valence-electron chi connectivity index (χ1n) is 8.35. The molecule has 8 heteroatoms. The molecule has 8 nitrogen and oxygen atoms in total. The van der Waals surface area contributed by atoms with Gasteiger partial charge in [0.15, 0.2) is 11.3 Å². The third-order valence-electron chi connectivity index (χ3n) is 4.24. The molecule has 2 aromatic carbocycles. The third kappa shape index (κ3) is 3.32. The first kappa shape index (κ1) is 16.6. The van der Waals surface area contributed by atoms with E-state index in [9.17, 15) is 10.1 Å². The van der Waals surface area contributed by atoms with Crippen molar-refractivity contribution in [3.8, 4) is 11.4 Å². The summed E-state index contributed by atoms with van der Waals surface area (Å²) < 4.78 is 0. The molecule has 0 unspecified atom stereocenters. The minimum atomic E-state index is -0.403. The topological polar surface area (TPSA) is 110 Å². The molecule has 0 saturated heterocycles. The summed E-state index contributed by atoms with van der Waals surface area (Å²) in [4.78, 5) is 19.4. The molecular weight excluding hydrogens is 344 g/mol. The van der Waals surface area contributed by atoms with Gasteiger partial charge in [-0.15, -0.1) is 0 Å². The molecule has 2 aromatic heterocycles. The van der Waals surface area contributed by atoms with Crippen molar-refractivity contribution in [2.75, 3.05) is 5.32 Å². The van der Waals surface area contributed by atoms with Gasteiger partial charge in [0, 0.05) is 34.9 Å². The molecular formula is C19H16N6O2. The number of nitrogens with one attached hydrogen (secondary N) is 2. The Bertz CT molecular complexity index is 1120. The van der Waals surface area contributed by atoms with Crippen molar-refractivity contribution in [2.45, 2.75) is 13.5 Å². The van der Waals surface area contributed by atoms with Crippen LogP contribution in [0, 0.1) is 17.0 Å². The van der Waals surface area contributed by atoms with Gasteiger partial charge >= 0.3 is 0 Å². The summed E-state index contributed by atoms with van der Waals surface area (Å²) in [5.41, 5.74) is 3.92. The maximum absolute atomic E-state index is 11.3. The summed E-state index contributed by atoms with van der Waals surface area (Å²) in [6, 6.07) is 14.8. The zero-order valence-corrected chi connectivity index (χ0v) is 14.5. The fourth-order valence-corrected chi connectivity index (χ4v) is 3.03. The molecule has 0 saturated carbocycles. The average molecular weight is 360 g/mol. The average Bonchev–Trinajstić information content (AvgIpc) is 3.20. The number of aryl methyl sites for hydroxylation is 1. The molecule has 0 fully saturated rings. The van der Waals surface area contributed by atoms with Crippen LogP contribution in [0.5, 0.6) is 0 Å². The molecule has 0 radical (unpaired) electrons. The second-order valence-electron chi connectivity index (χ2n) is 6.13. The lowest BCUT2D eigenvalue weighted by Crippen LogP contribution is -2.02. The predicted octanol–water partition coefficient (Wildman–Crippen LogP) is 3.85. The zero-order valence-electron chi connectivity index (χ0n) is 14.5. The van der Waals surface area contributed by atoms with Crippen LogP contribution < -0.4 is 5.32 Å². The van der Waals surface area contributed by atoms with Gasteiger partial charge in [0.1, 0.15) is 6.33 Å². The summed E-state index contributed by atoms with van der Waals surface area (Å²) in [6.07, 6.45) is 1.47. The molecule has 4 rings (SSSR count). The van der Waals surface area contributed by atoms with Crippen LogP contribution in [0.3, 0.4) is 0 Å². The van der Waals surface area contributed by atoms with Crippen LogP contribution in [0.1, 0.15) is 11.3 Å². The van der Waals surface area contributed by atoms with Gasteiger partial charge in [-0.05, 0) is 24.6 Å². The molecule has 134 valence electrons. The Labute approximate surface area is 154 Å². The highest BCUT2D eigenvalue weighted by atomic mass is 16.6. The third-order valence-corrected chi connectivity index (χ3v) is 4.24. The zero-order chi connectivity index (χ0) is 18.8. The number of rotatable bonds is 5. The van der Waals surface area contributed by atoms with E-state index in [1.54, 1.807) is 6.07 Å². The lowest BCUT2D eigenvalue weighted by Gasteiger charge is -2.11. The molecule has 0 aliphatic heterocycles. The standard InChI is InChI=1S/C19H16N6O2/c1-12-8-16(15-6-3-7-17(25(26)27)18(15)23-12)20-10-13-4-2-5-14(9-13)19-21-11-22-24-19/h2-9,11H,10H2,1H3,(H,20,23)(H,21,22,24). The van der Waals surface area contributed by atoms with E-state index in [2.05, 4.69) is 25.5 Å². The highest BCUT2D eigenvalue weighted by Gasteiger charge is 2.15. The second-order valence-corrected chi connectivity index (χ2v) is 6.13. The smallest absolute Gasteiger partial charge is 0.295 e. The number of aromatic nitrogens is 4. The molecule has 0 atom stereocenters. The molecule has 4 aromatic rings. The number of fused-ring (bicyclic) bond motifs is 1. The number of non-ortho nitro benzene ring substituents is 1. The number of nitro groups is 1. The monoisotopic (exact) mass is 360 g/mol. The number of H-pyrrole nitrogens is 1. The van der Waals surface area contributed by atoms with Gasteiger partial charge < -0.3 is 5.32 Å². The summed E-state index contributed by atoms with van der Waals surface area (Å²) in [5, 5.41) is 22.1. The van der Waals surface area contributed by atoms with Crippen molar-refractivity contribution in [2.24, 2.45) is 0 Å².